The summed E-state index contributed by atoms with van der Waals surface area (Å²) in [5, 5.41) is 0. The fourth-order valence-corrected chi connectivity index (χ4v) is 8.60. The Labute approximate surface area is 177 Å². The number of rotatable bonds is 5. The van der Waals surface area contributed by atoms with Crippen LogP contribution in [0.5, 0.6) is 0 Å². The number of hydrogen-bond donors (Lipinski definition) is 0. The molecule has 0 amide bonds. The molecule has 4 fully saturated rings. The molecular weight excluding hydrogens is 336 g/mol. The van der Waals surface area contributed by atoms with Gasteiger partial charge in [0.15, 0.2) is 0 Å². The predicted octanol–water partition coefficient (Wildman–Crippen LogP) is 9.20. The molecule has 4 aliphatic rings. The van der Waals surface area contributed by atoms with Crippen molar-refractivity contribution in [3.05, 3.63) is 12.2 Å². The molecule has 0 aromatic carbocycles. The van der Waals surface area contributed by atoms with Crippen LogP contribution in [0.2, 0.25) is 0 Å². The van der Waals surface area contributed by atoms with Gasteiger partial charge in [-0.15, -0.1) is 0 Å². The predicted molar refractivity (Wildman–Crippen MR) is 124 cm³/mol. The van der Waals surface area contributed by atoms with Gasteiger partial charge in [0.25, 0.3) is 0 Å². The molecule has 28 heavy (non-hydrogen) atoms. The Balaban J connectivity index is 0.00000109. The first-order valence-corrected chi connectivity index (χ1v) is 13.1. The minimum Gasteiger partial charge on any atom is -0.0999 e. The van der Waals surface area contributed by atoms with Crippen LogP contribution in [0.4, 0.5) is 0 Å². The lowest BCUT2D eigenvalue weighted by Crippen LogP contribution is -2.50. The van der Waals surface area contributed by atoms with Crippen LogP contribution in [0.25, 0.3) is 0 Å². The molecule has 7 unspecified atom stereocenters. The molecular formula is C28H50. The summed E-state index contributed by atoms with van der Waals surface area (Å²) in [6.07, 6.45) is 20.8. The molecule has 4 saturated carbocycles. The molecule has 0 radical (unpaired) electrons. The van der Waals surface area contributed by atoms with Gasteiger partial charge >= 0.3 is 0 Å². The van der Waals surface area contributed by atoms with E-state index in [2.05, 4.69) is 27.4 Å². The minimum atomic E-state index is 0.647. The molecule has 0 spiro atoms. The van der Waals surface area contributed by atoms with E-state index in [1.54, 1.807) is 44.9 Å². The second-order valence-corrected chi connectivity index (χ2v) is 11.3. The average molecular weight is 387 g/mol. The molecule has 0 heteroatoms. The first-order chi connectivity index (χ1) is 13.5. The number of allylic oxidation sites excluding steroid dienone is 1. The van der Waals surface area contributed by atoms with E-state index in [1.165, 1.54) is 50.5 Å². The Morgan fingerprint density at radius 3 is 2.32 bits per heavy atom. The van der Waals surface area contributed by atoms with E-state index < -0.39 is 0 Å². The highest BCUT2D eigenvalue weighted by molar-refractivity contribution is 5.07. The van der Waals surface area contributed by atoms with Crippen molar-refractivity contribution >= 4 is 0 Å². The summed E-state index contributed by atoms with van der Waals surface area (Å²) >= 11 is 0. The molecule has 4 aliphatic carbocycles. The largest absolute Gasteiger partial charge is 0.0999 e. The summed E-state index contributed by atoms with van der Waals surface area (Å²) in [5.74, 6) is 5.35. The van der Waals surface area contributed by atoms with E-state index in [0.29, 0.717) is 10.8 Å². The molecule has 0 N–H and O–H groups in total. The monoisotopic (exact) mass is 386 g/mol. The van der Waals surface area contributed by atoms with E-state index >= 15 is 0 Å². The molecule has 4 rings (SSSR count). The SMILES string of the molecule is C=C(CC)CCCC1(C)CCC2C3CCC4CCCCC4(C)C3CCC21.CC. The Bertz CT molecular complexity index is 518. The van der Waals surface area contributed by atoms with Gasteiger partial charge < -0.3 is 0 Å². The molecule has 0 heterocycles. The quantitative estimate of drug-likeness (QED) is 0.413. The summed E-state index contributed by atoms with van der Waals surface area (Å²) < 4.78 is 0. The van der Waals surface area contributed by atoms with Crippen molar-refractivity contribution in [1.29, 1.82) is 0 Å². The molecule has 0 aromatic rings. The van der Waals surface area contributed by atoms with Crippen LogP contribution >= 0.6 is 0 Å². The van der Waals surface area contributed by atoms with Crippen LogP contribution in [0, 0.1) is 40.4 Å². The fourth-order valence-electron chi connectivity index (χ4n) is 8.60. The van der Waals surface area contributed by atoms with E-state index in [9.17, 15) is 0 Å². The fraction of sp³-hybridized carbons (Fsp3) is 0.929. The van der Waals surface area contributed by atoms with Gasteiger partial charge in [0.05, 0.1) is 0 Å². The molecule has 7 atom stereocenters. The van der Waals surface area contributed by atoms with Crippen LogP contribution in [-0.4, -0.2) is 0 Å². The van der Waals surface area contributed by atoms with E-state index in [0.717, 1.165) is 29.6 Å². The van der Waals surface area contributed by atoms with E-state index in [-0.39, 0.29) is 0 Å². The lowest BCUT2D eigenvalue weighted by molar-refractivity contribution is -0.0931. The second-order valence-electron chi connectivity index (χ2n) is 11.3. The van der Waals surface area contributed by atoms with Gasteiger partial charge in [0.2, 0.25) is 0 Å². The van der Waals surface area contributed by atoms with Crippen LogP contribution in [-0.2, 0) is 0 Å². The maximum absolute atomic E-state index is 4.24. The van der Waals surface area contributed by atoms with Crippen molar-refractivity contribution in [1.82, 2.24) is 0 Å². The summed E-state index contributed by atoms with van der Waals surface area (Å²) in [6, 6.07) is 0. The third-order valence-electron chi connectivity index (χ3n) is 10.2. The standard InChI is InChI=1S/C26H44.C2H6/c1-5-19(2)9-8-16-25(3)18-15-22-21-12-11-20-10-6-7-17-26(20,4)24(21)14-13-23(22)25;1-2/h20-24H,2,5-18H2,1,3-4H3;1-2H3. The summed E-state index contributed by atoms with van der Waals surface area (Å²) in [4.78, 5) is 0. The molecule has 0 nitrogen and oxygen atoms in total. The highest BCUT2D eigenvalue weighted by Crippen LogP contribution is 2.66. The van der Waals surface area contributed by atoms with Crippen molar-refractivity contribution in [2.24, 2.45) is 40.4 Å². The van der Waals surface area contributed by atoms with Gasteiger partial charge in [-0.1, -0.05) is 59.6 Å². The maximum Gasteiger partial charge on any atom is -0.0266 e. The second kappa shape index (κ2) is 9.26. The Morgan fingerprint density at radius 2 is 1.57 bits per heavy atom. The van der Waals surface area contributed by atoms with Crippen molar-refractivity contribution < 1.29 is 0 Å². The molecule has 0 saturated heterocycles. The van der Waals surface area contributed by atoms with Crippen molar-refractivity contribution in [3.8, 4) is 0 Å². The topological polar surface area (TPSA) is 0 Å². The summed E-state index contributed by atoms with van der Waals surface area (Å²) in [6.45, 7) is 15.9. The normalized spacial score (nSPS) is 44.5. The zero-order chi connectivity index (χ0) is 20.4. The van der Waals surface area contributed by atoms with Gasteiger partial charge in [-0.2, -0.15) is 0 Å². The minimum absolute atomic E-state index is 0.647. The van der Waals surface area contributed by atoms with Crippen LogP contribution in [0.15, 0.2) is 12.2 Å². The first kappa shape index (κ1) is 22.4. The van der Waals surface area contributed by atoms with Crippen LogP contribution in [0.3, 0.4) is 0 Å². The van der Waals surface area contributed by atoms with Crippen molar-refractivity contribution in [2.45, 2.75) is 125 Å². The smallest absolute Gasteiger partial charge is 0.0266 e. The van der Waals surface area contributed by atoms with Crippen molar-refractivity contribution in [2.75, 3.05) is 0 Å². The zero-order valence-corrected chi connectivity index (χ0v) is 20.0. The zero-order valence-electron chi connectivity index (χ0n) is 20.0. The first-order valence-electron chi connectivity index (χ1n) is 13.1. The highest BCUT2D eigenvalue weighted by atomic mass is 14.6. The third kappa shape index (κ3) is 4.00. The Morgan fingerprint density at radius 1 is 0.857 bits per heavy atom. The summed E-state index contributed by atoms with van der Waals surface area (Å²) in [5.41, 5.74) is 2.83. The number of fused-ring (bicyclic) bond motifs is 5. The Hall–Kier alpha value is -0.260. The van der Waals surface area contributed by atoms with E-state index in [4.69, 9.17) is 0 Å². The van der Waals surface area contributed by atoms with Gasteiger partial charge in [0.1, 0.15) is 0 Å². The highest BCUT2D eigenvalue weighted by Gasteiger charge is 2.57. The van der Waals surface area contributed by atoms with Crippen LogP contribution < -0.4 is 0 Å². The molecule has 0 aromatic heterocycles. The number of hydrogen-bond acceptors (Lipinski definition) is 0. The molecule has 0 bridgehead atoms. The maximum atomic E-state index is 4.24. The lowest BCUT2D eigenvalue weighted by atomic mass is 9.46. The Kier molecular flexibility index (Phi) is 7.42. The lowest BCUT2D eigenvalue weighted by Gasteiger charge is -2.59. The van der Waals surface area contributed by atoms with Crippen molar-refractivity contribution in [3.63, 3.8) is 0 Å². The van der Waals surface area contributed by atoms with Gasteiger partial charge in [0, 0.05) is 0 Å². The van der Waals surface area contributed by atoms with Gasteiger partial charge in [-0.3, -0.25) is 0 Å². The summed E-state index contributed by atoms with van der Waals surface area (Å²) in [7, 11) is 0. The van der Waals surface area contributed by atoms with Crippen LogP contribution in [0.1, 0.15) is 125 Å². The van der Waals surface area contributed by atoms with Gasteiger partial charge in [-0.05, 0) is 117 Å². The molecule has 162 valence electrons. The van der Waals surface area contributed by atoms with E-state index in [1.807, 2.05) is 13.8 Å². The third-order valence-corrected chi connectivity index (χ3v) is 10.2. The van der Waals surface area contributed by atoms with Gasteiger partial charge in [-0.25, -0.2) is 0 Å². The average Bonchev–Trinajstić information content (AvgIpc) is 3.06. The molecule has 0 aliphatic heterocycles.